The Kier molecular flexibility index (Phi) is 5.60. The van der Waals surface area contributed by atoms with E-state index in [1.807, 2.05) is 30.3 Å². The van der Waals surface area contributed by atoms with Gasteiger partial charge in [0.2, 0.25) is 0 Å². The lowest BCUT2D eigenvalue weighted by Gasteiger charge is -2.46. The third kappa shape index (κ3) is 3.77. The molecule has 1 saturated carbocycles. The fourth-order valence-corrected chi connectivity index (χ4v) is 6.02. The Morgan fingerprint density at radius 2 is 2.03 bits per heavy atom. The largest absolute Gasteiger partial charge is 0.461 e. The fourth-order valence-electron chi connectivity index (χ4n) is 6.02. The van der Waals surface area contributed by atoms with E-state index >= 15 is 0 Å². The average Bonchev–Trinajstić information content (AvgIpc) is 2.99. The van der Waals surface area contributed by atoms with Gasteiger partial charge in [-0.1, -0.05) is 62.2 Å². The van der Waals surface area contributed by atoms with E-state index in [2.05, 4.69) is 33.9 Å². The van der Waals surface area contributed by atoms with Gasteiger partial charge in [0.15, 0.2) is 0 Å². The average molecular weight is 399 g/mol. The molecule has 2 N–H and O–H groups in total. The maximum atomic E-state index is 12.8. The summed E-state index contributed by atoms with van der Waals surface area (Å²) in [5.74, 6) is 0.626. The van der Waals surface area contributed by atoms with Crippen LogP contribution in [0, 0.1) is 23.2 Å². The van der Waals surface area contributed by atoms with Crippen molar-refractivity contribution in [3.8, 4) is 0 Å². The van der Waals surface area contributed by atoms with Crippen LogP contribution in [0.4, 0.5) is 0 Å². The number of hydrogen-bond acceptors (Lipinski definition) is 3. The van der Waals surface area contributed by atoms with Crippen LogP contribution in [0.2, 0.25) is 0 Å². The molecule has 3 aliphatic rings. The summed E-state index contributed by atoms with van der Waals surface area (Å²) in [6.45, 7) is 7.46. The number of quaternary nitrogens is 1. The second kappa shape index (κ2) is 7.88. The molecule has 2 fully saturated rings. The minimum absolute atomic E-state index is 0.000589. The number of hydrogen-bond donors (Lipinski definition) is 2. The molecule has 2 aliphatic carbocycles. The molecule has 29 heavy (non-hydrogen) atoms. The number of fused-ring (bicyclic) bond motifs is 2. The van der Waals surface area contributed by atoms with Gasteiger partial charge in [0, 0.05) is 5.92 Å². The minimum atomic E-state index is -0.546. The molecule has 4 rings (SSSR count). The summed E-state index contributed by atoms with van der Waals surface area (Å²) >= 11 is 0. The third-order valence-corrected chi connectivity index (χ3v) is 8.02. The summed E-state index contributed by atoms with van der Waals surface area (Å²) in [5.41, 5.74) is 2.69. The summed E-state index contributed by atoms with van der Waals surface area (Å²) in [4.78, 5) is 14.0. The topological polar surface area (TPSA) is 51.0 Å². The summed E-state index contributed by atoms with van der Waals surface area (Å²) in [7, 11) is 2.08. The Labute approximate surface area is 174 Å². The zero-order valence-electron chi connectivity index (χ0n) is 18.2. The van der Waals surface area contributed by atoms with E-state index in [1.54, 1.807) is 5.57 Å². The van der Waals surface area contributed by atoms with Gasteiger partial charge >= 0.3 is 5.97 Å². The lowest BCUT2D eigenvalue weighted by molar-refractivity contribution is -0.911. The van der Waals surface area contributed by atoms with E-state index in [0.717, 1.165) is 12.0 Å². The fraction of sp³-hybridized carbons (Fsp3) is 0.640. The zero-order valence-corrected chi connectivity index (χ0v) is 18.2. The molecule has 1 aromatic rings. The van der Waals surface area contributed by atoms with Crippen LogP contribution in [0.25, 0.3) is 0 Å². The van der Waals surface area contributed by atoms with Crippen LogP contribution in [-0.4, -0.2) is 36.8 Å². The van der Waals surface area contributed by atoms with Crippen molar-refractivity contribution in [3.05, 3.63) is 47.5 Å². The van der Waals surface area contributed by atoms with Gasteiger partial charge in [0.1, 0.15) is 24.2 Å². The Balaban J connectivity index is 1.50. The standard InChI is InChI=1S/C25H35NO3/c1-16-9-8-12-25(3)14-22-19(13-21(16)25)20(24(28)29-22)15-26(4)17(2)23(27)18-10-6-5-7-11-18/h5-7,10-11,13,16-17,19-20,22-23,27H,8-9,12,14-15H2,1-4H3/p+1/t16-,17-,19+,20+,22+,23+,25+/m0/s1. The maximum absolute atomic E-state index is 12.8. The van der Waals surface area contributed by atoms with Crippen LogP contribution >= 0.6 is 0 Å². The summed E-state index contributed by atoms with van der Waals surface area (Å²) in [5, 5.41) is 10.8. The Hall–Kier alpha value is -1.65. The maximum Gasteiger partial charge on any atom is 0.315 e. The number of benzene rings is 1. The first-order chi connectivity index (χ1) is 13.8. The predicted octanol–water partition coefficient (Wildman–Crippen LogP) is 2.94. The van der Waals surface area contributed by atoms with Crippen molar-refractivity contribution in [3.63, 3.8) is 0 Å². The van der Waals surface area contributed by atoms with Gasteiger partial charge in [-0.15, -0.1) is 0 Å². The highest BCUT2D eigenvalue weighted by Crippen LogP contribution is 2.53. The third-order valence-electron chi connectivity index (χ3n) is 8.02. The molecule has 1 saturated heterocycles. The molecular weight excluding hydrogens is 362 g/mol. The number of carbonyl (C=O) groups excluding carboxylic acids is 1. The highest BCUT2D eigenvalue weighted by Gasteiger charge is 2.52. The van der Waals surface area contributed by atoms with Gasteiger partial charge in [-0.3, -0.25) is 4.79 Å². The number of aliphatic hydroxyl groups is 1. The molecule has 1 aromatic carbocycles. The Bertz CT molecular complexity index is 776. The van der Waals surface area contributed by atoms with Gasteiger partial charge < -0.3 is 14.7 Å². The molecular formula is C25H36NO3+. The molecule has 158 valence electrons. The first-order valence-corrected chi connectivity index (χ1v) is 11.3. The van der Waals surface area contributed by atoms with Crippen LogP contribution in [0.5, 0.6) is 0 Å². The van der Waals surface area contributed by atoms with Crippen molar-refractivity contribution >= 4 is 5.97 Å². The zero-order chi connectivity index (χ0) is 20.8. The molecule has 0 bridgehead atoms. The predicted molar refractivity (Wildman–Crippen MR) is 113 cm³/mol. The van der Waals surface area contributed by atoms with Crippen molar-refractivity contribution in [2.24, 2.45) is 23.2 Å². The Morgan fingerprint density at radius 3 is 2.76 bits per heavy atom. The number of carbonyl (C=O) groups is 1. The van der Waals surface area contributed by atoms with Crippen LogP contribution < -0.4 is 4.90 Å². The van der Waals surface area contributed by atoms with E-state index < -0.39 is 6.10 Å². The molecule has 1 heterocycles. The second-order valence-corrected chi connectivity index (χ2v) is 10.0. The quantitative estimate of drug-likeness (QED) is 0.592. The van der Waals surface area contributed by atoms with Crippen molar-refractivity contribution in [1.29, 1.82) is 0 Å². The Morgan fingerprint density at radius 1 is 1.31 bits per heavy atom. The van der Waals surface area contributed by atoms with Gasteiger partial charge in [-0.25, -0.2) is 0 Å². The lowest BCUT2D eigenvalue weighted by Crippen LogP contribution is -3.14. The first kappa shape index (κ1) is 20.6. The molecule has 1 aliphatic heterocycles. The molecule has 1 unspecified atom stereocenters. The molecule has 4 nitrogen and oxygen atoms in total. The number of esters is 1. The van der Waals surface area contributed by atoms with E-state index in [4.69, 9.17) is 4.74 Å². The van der Waals surface area contributed by atoms with E-state index in [-0.39, 0.29) is 35.4 Å². The number of rotatable bonds is 5. The lowest BCUT2D eigenvalue weighted by atomic mass is 9.59. The van der Waals surface area contributed by atoms with Crippen LogP contribution in [0.3, 0.4) is 0 Å². The van der Waals surface area contributed by atoms with Gasteiger partial charge in [0.05, 0.1) is 13.6 Å². The van der Waals surface area contributed by atoms with Crippen molar-refractivity contribution in [2.45, 2.75) is 64.7 Å². The smallest absolute Gasteiger partial charge is 0.315 e. The molecule has 8 atom stereocenters. The van der Waals surface area contributed by atoms with E-state index in [9.17, 15) is 9.90 Å². The summed E-state index contributed by atoms with van der Waals surface area (Å²) in [6.07, 6.45) is 6.59. The summed E-state index contributed by atoms with van der Waals surface area (Å²) in [6, 6.07) is 9.80. The van der Waals surface area contributed by atoms with E-state index in [0.29, 0.717) is 12.5 Å². The van der Waals surface area contributed by atoms with Gasteiger partial charge in [0.25, 0.3) is 0 Å². The van der Waals surface area contributed by atoms with Gasteiger partial charge in [-0.05, 0) is 43.1 Å². The normalized spacial score (nSPS) is 37.0. The van der Waals surface area contributed by atoms with Gasteiger partial charge in [-0.2, -0.15) is 0 Å². The van der Waals surface area contributed by atoms with Crippen LogP contribution in [-0.2, 0) is 9.53 Å². The first-order valence-electron chi connectivity index (χ1n) is 11.3. The number of nitrogens with one attached hydrogen (secondary N) is 1. The minimum Gasteiger partial charge on any atom is -0.461 e. The molecule has 0 aromatic heterocycles. The van der Waals surface area contributed by atoms with Crippen molar-refractivity contribution in [2.75, 3.05) is 13.6 Å². The highest BCUT2D eigenvalue weighted by molar-refractivity contribution is 5.76. The van der Waals surface area contributed by atoms with Crippen LogP contribution in [0.15, 0.2) is 42.0 Å². The number of allylic oxidation sites excluding steroid dienone is 1. The van der Waals surface area contributed by atoms with E-state index in [1.165, 1.54) is 24.2 Å². The number of aliphatic hydroxyl groups excluding tert-OH is 1. The van der Waals surface area contributed by atoms with Crippen molar-refractivity contribution in [1.82, 2.24) is 0 Å². The molecule has 0 amide bonds. The number of ether oxygens (including phenoxy) is 1. The molecule has 4 heteroatoms. The SMILES string of the molecule is C[C@H]1CCC[C@]2(C)C[C@H]3OC(=O)[C@H](C[NH+](C)[C@@H](C)[C@@H](O)c4ccccc4)[C@H]3C=C12. The highest BCUT2D eigenvalue weighted by atomic mass is 16.6. The number of likely N-dealkylation sites (N-methyl/N-ethyl adjacent to an activating group) is 1. The second-order valence-electron chi connectivity index (χ2n) is 10.0. The monoisotopic (exact) mass is 398 g/mol. The van der Waals surface area contributed by atoms with Crippen LogP contribution in [0.1, 0.15) is 58.1 Å². The molecule has 0 spiro atoms. The molecule has 0 radical (unpaired) electrons. The van der Waals surface area contributed by atoms with Crippen molar-refractivity contribution < 1.29 is 19.5 Å². The summed E-state index contributed by atoms with van der Waals surface area (Å²) < 4.78 is 5.89.